The van der Waals surface area contributed by atoms with Gasteiger partial charge in [0.2, 0.25) is 0 Å². The Balaban J connectivity index is 1.40. The summed E-state index contributed by atoms with van der Waals surface area (Å²) in [5, 5.41) is 7.81. The molecule has 2 aromatic carbocycles. The van der Waals surface area contributed by atoms with Crippen LogP contribution in [-0.4, -0.2) is 34.3 Å². The number of hydrogen-bond acceptors (Lipinski definition) is 4. The summed E-state index contributed by atoms with van der Waals surface area (Å²) < 4.78 is 49.4. The van der Waals surface area contributed by atoms with Crippen molar-refractivity contribution in [3.63, 3.8) is 0 Å². The van der Waals surface area contributed by atoms with Crippen LogP contribution in [0.3, 0.4) is 0 Å². The fourth-order valence-corrected chi connectivity index (χ4v) is 7.38. The highest BCUT2D eigenvalue weighted by Gasteiger charge is 2.52. The van der Waals surface area contributed by atoms with Gasteiger partial charge in [0.25, 0.3) is 5.91 Å². The second-order valence-corrected chi connectivity index (χ2v) is 11.6. The van der Waals surface area contributed by atoms with Gasteiger partial charge < -0.3 is 10.1 Å². The third-order valence-electron chi connectivity index (χ3n) is 9.16. The normalized spacial score (nSPS) is 25.0. The third kappa shape index (κ3) is 5.26. The average Bonchev–Trinajstić information content (AvgIpc) is 3.62. The molecular weight excluding hydrogens is 531 g/mol. The molecule has 41 heavy (non-hydrogen) atoms. The molecule has 0 aliphatic heterocycles. The topological polar surface area (TPSA) is 73.2 Å². The second kappa shape index (κ2) is 11.3. The van der Waals surface area contributed by atoms with Crippen molar-refractivity contribution in [3.8, 4) is 5.69 Å². The van der Waals surface area contributed by atoms with E-state index in [9.17, 15) is 18.4 Å². The molecule has 6 rings (SSSR count). The van der Waals surface area contributed by atoms with Crippen LogP contribution in [0.2, 0.25) is 0 Å². The van der Waals surface area contributed by atoms with Gasteiger partial charge in [0.05, 0.1) is 18.2 Å². The summed E-state index contributed by atoms with van der Waals surface area (Å²) in [5.74, 6) is -2.60. The summed E-state index contributed by atoms with van der Waals surface area (Å²) in [5.41, 5.74) is 2.66. The van der Waals surface area contributed by atoms with E-state index in [2.05, 4.69) is 10.4 Å². The molecule has 0 spiro atoms. The number of benzene rings is 2. The molecule has 3 aliphatic rings. The van der Waals surface area contributed by atoms with Crippen molar-refractivity contribution >= 4 is 11.9 Å². The first-order valence-electron chi connectivity index (χ1n) is 14.6. The number of ether oxygens (including phenoxy) is 1. The van der Waals surface area contributed by atoms with Crippen molar-refractivity contribution in [2.75, 3.05) is 6.61 Å². The maximum atomic E-state index is 15.2. The number of nitrogens with zero attached hydrogens (tertiary/aromatic N) is 2. The minimum absolute atomic E-state index is 0.0667. The van der Waals surface area contributed by atoms with E-state index in [4.69, 9.17) is 4.74 Å². The Morgan fingerprint density at radius 2 is 1.76 bits per heavy atom. The van der Waals surface area contributed by atoms with Crippen molar-refractivity contribution in [1.82, 2.24) is 15.1 Å². The summed E-state index contributed by atoms with van der Waals surface area (Å²) in [4.78, 5) is 26.8. The number of hydrogen-bond donors (Lipinski definition) is 1. The van der Waals surface area contributed by atoms with Crippen LogP contribution in [0.25, 0.3) is 5.69 Å². The molecule has 0 radical (unpaired) electrons. The lowest BCUT2D eigenvalue weighted by atomic mass is 9.84. The van der Waals surface area contributed by atoms with Gasteiger partial charge in [-0.25, -0.2) is 17.9 Å². The Labute approximate surface area is 237 Å². The first-order chi connectivity index (χ1) is 19.8. The highest BCUT2D eigenvalue weighted by molar-refractivity contribution is 5.95. The molecule has 2 saturated carbocycles. The van der Waals surface area contributed by atoms with Crippen LogP contribution in [-0.2, 0) is 22.4 Å². The zero-order valence-corrected chi connectivity index (χ0v) is 23.0. The molecule has 0 saturated heterocycles. The van der Waals surface area contributed by atoms with Crippen LogP contribution in [0, 0.1) is 35.2 Å². The molecule has 9 heteroatoms. The summed E-state index contributed by atoms with van der Waals surface area (Å²) in [6.45, 7) is 2.06. The second-order valence-electron chi connectivity index (χ2n) is 11.6. The van der Waals surface area contributed by atoms with Crippen molar-refractivity contribution in [2.24, 2.45) is 17.8 Å². The molecule has 6 nitrogen and oxygen atoms in total. The number of amides is 1. The average molecular weight is 566 g/mol. The number of nitrogens with one attached hydrogen (secondary N) is 1. The predicted octanol–water partition coefficient (Wildman–Crippen LogP) is 6.05. The number of carbonyl (C=O) groups is 2. The lowest BCUT2D eigenvalue weighted by molar-refractivity contribution is -0.150. The van der Waals surface area contributed by atoms with Gasteiger partial charge in [-0.1, -0.05) is 18.6 Å². The van der Waals surface area contributed by atoms with Gasteiger partial charge in [-0.2, -0.15) is 5.10 Å². The number of aromatic nitrogens is 2. The van der Waals surface area contributed by atoms with Gasteiger partial charge in [-0.15, -0.1) is 0 Å². The molecular formula is C32H34F3N3O3. The van der Waals surface area contributed by atoms with Gasteiger partial charge >= 0.3 is 5.97 Å². The van der Waals surface area contributed by atoms with Crippen LogP contribution in [0.1, 0.15) is 78.7 Å². The molecule has 3 aromatic rings. The third-order valence-corrected chi connectivity index (χ3v) is 9.16. The first kappa shape index (κ1) is 27.5. The number of halogens is 3. The quantitative estimate of drug-likeness (QED) is 0.280. The zero-order valence-electron chi connectivity index (χ0n) is 23.0. The smallest absolute Gasteiger partial charge is 0.311 e. The molecule has 1 aromatic heterocycles. The van der Waals surface area contributed by atoms with Crippen molar-refractivity contribution < 1.29 is 27.5 Å². The molecule has 1 heterocycles. The molecule has 216 valence electrons. The Hall–Kier alpha value is -3.62. The van der Waals surface area contributed by atoms with Crippen LogP contribution < -0.4 is 5.32 Å². The largest absolute Gasteiger partial charge is 0.466 e. The fourth-order valence-electron chi connectivity index (χ4n) is 7.38. The molecule has 2 bridgehead atoms. The van der Waals surface area contributed by atoms with E-state index >= 15 is 4.39 Å². The van der Waals surface area contributed by atoms with E-state index in [1.165, 1.54) is 28.9 Å². The number of rotatable bonds is 7. The van der Waals surface area contributed by atoms with E-state index in [0.29, 0.717) is 12.8 Å². The highest BCUT2D eigenvalue weighted by Crippen LogP contribution is 2.49. The zero-order chi connectivity index (χ0) is 28.7. The SMILES string of the molecule is CCOC(=O)[C@@H]1C2CCC(C2)[C@@H]1NC(=O)c1nn(-c2ccc(F)cc2F)c2c1CCCCC2Cc1ccc(F)cc1. The number of fused-ring (bicyclic) bond motifs is 3. The lowest BCUT2D eigenvalue weighted by Crippen LogP contribution is -2.47. The van der Waals surface area contributed by atoms with Gasteiger partial charge in [-0.05, 0) is 93.5 Å². The van der Waals surface area contributed by atoms with Crippen LogP contribution >= 0.6 is 0 Å². The Bertz CT molecular complexity index is 1450. The van der Waals surface area contributed by atoms with Crippen LogP contribution in [0.5, 0.6) is 0 Å². The molecule has 3 unspecified atom stereocenters. The monoisotopic (exact) mass is 565 g/mol. The summed E-state index contributed by atoms with van der Waals surface area (Å²) in [6, 6.07) is 9.28. The Kier molecular flexibility index (Phi) is 7.62. The first-order valence-corrected chi connectivity index (χ1v) is 14.6. The molecule has 2 fully saturated rings. The van der Waals surface area contributed by atoms with E-state index in [-0.39, 0.29) is 59.5 Å². The number of carbonyl (C=O) groups excluding carboxylic acids is 2. The van der Waals surface area contributed by atoms with Crippen molar-refractivity contribution in [3.05, 3.63) is 82.4 Å². The maximum Gasteiger partial charge on any atom is 0.311 e. The van der Waals surface area contributed by atoms with Gasteiger partial charge in [0.15, 0.2) is 11.5 Å². The summed E-state index contributed by atoms with van der Waals surface area (Å²) in [7, 11) is 0. The van der Waals surface area contributed by atoms with Crippen molar-refractivity contribution in [1.29, 1.82) is 0 Å². The highest BCUT2D eigenvalue weighted by atomic mass is 19.1. The number of esters is 1. The van der Waals surface area contributed by atoms with E-state index < -0.39 is 17.5 Å². The minimum atomic E-state index is -0.775. The van der Waals surface area contributed by atoms with E-state index in [0.717, 1.165) is 61.4 Å². The Morgan fingerprint density at radius 3 is 2.51 bits per heavy atom. The maximum absolute atomic E-state index is 15.2. The lowest BCUT2D eigenvalue weighted by Gasteiger charge is -2.30. The summed E-state index contributed by atoms with van der Waals surface area (Å²) in [6.07, 6.45) is 6.39. The molecule has 3 aliphatic carbocycles. The standard InChI is InChI=1S/C32H34F3N3O3/c1-2-41-32(40)27-19-9-10-20(16-19)28(27)36-31(39)29-24-6-4-3-5-21(15-18-7-11-22(33)12-8-18)30(24)38(37-29)26-14-13-23(34)17-25(26)35/h7-8,11-14,17,19-21,27-28H,2-6,9-10,15-16H2,1H3,(H,36,39)/t19?,20?,21?,27-,28+/m1/s1. The van der Waals surface area contributed by atoms with Gasteiger partial charge in [0, 0.05) is 23.6 Å². The van der Waals surface area contributed by atoms with Crippen molar-refractivity contribution in [2.45, 2.75) is 70.3 Å². The van der Waals surface area contributed by atoms with E-state index in [1.54, 1.807) is 19.1 Å². The fraction of sp³-hybridized carbons (Fsp3) is 0.469. The van der Waals surface area contributed by atoms with E-state index in [1.807, 2.05) is 0 Å². The van der Waals surface area contributed by atoms with Crippen LogP contribution in [0.15, 0.2) is 42.5 Å². The minimum Gasteiger partial charge on any atom is -0.466 e. The molecule has 1 amide bonds. The predicted molar refractivity (Wildman–Crippen MR) is 146 cm³/mol. The van der Waals surface area contributed by atoms with Gasteiger partial charge in [-0.3, -0.25) is 9.59 Å². The van der Waals surface area contributed by atoms with Gasteiger partial charge in [0.1, 0.15) is 17.3 Å². The van der Waals surface area contributed by atoms with Crippen LogP contribution in [0.4, 0.5) is 13.2 Å². The molecule has 1 N–H and O–H groups in total. The Morgan fingerprint density at radius 1 is 1.00 bits per heavy atom. The molecule has 5 atom stereocenters. The summed E-state index contributed by atoms with van der Waals surface area (Å²) >= 11 is 0.